The standard InChI is InChI=1S/C22H28N6O7/c1-12(19(31)28-17(22(34)35)7-13-5-3-2-4-6-13)26-21(33)16(9-18(29)30)27-20(32)15(23)8-14-10-24-11-25-14/h2-6,10-12,15-17H,7-9,23H2,1H3,(H,24,25)(H,26,33)(H,27,32)(H,28,31)(H,29,30)(H,34,35). The van der Waals surface area contributed by atoms with Gasteiger partial charge in [0.1, 0.15) is 18.1 Å². The molecule has 2 aromatic rings. The second kappa shape index (κ2) is 12.8. The van der Waals surface area contributed by atoms with Gasteiger partial charge in [0.15, 0.2) is 0 Å². The first-order valence-corrected chi connectivity index (χ1v) is 10.7. The van der Waals surface area contributed by atoms with Crippen molar-refractivity contribution in [1.29, 1.82) is 0 Å². The quantitative estimate of drug-likeness (QED) is 0.175. The number of benzene rings is 1. The summed E-state index contributed by atoms with van der Waals surface area (Å²) in [6, 6.07) is 3.59. The molecular weight excluding hydrogens is 460 g/mol. The van der Waals surface area contributed by atoms with E-state index < -0.39 is 60.2 Å². The van der Waals surface area contributed by atoms with Gasteiger partial charge in [-0.15, -0.1) is 0 Å². The van der Waals surface area contributed by atoms with Gasteiger partial charge >= 0.3 is 11.9 Å². The molecule has 1 aromatic carbocycles. The fourth-order valence-electron chi connectivity index (χ4n) is 3.11. The van der Waals surface area contributed by atoms with Gasteiger partial charge in [-0.2, -0.15) is 0 Å². The number of nitrogens with one attached hydrogen (secondary N) is 4. The van der Waals surface area contributed by atoms with Crippen molar-refractivity contribution in [3.8, 4) is 0 Å². The van der Waals surface area contributed by atoms with Crippen molar-refractivity contribution >= 4 is 29.7 Å². The lowest BCUT2D eigenvalue weighted by atomic mass is 10.1. The minimum atomic E-state index is -1.51. The fourth-order valence-corrected chi connectivity index (χ4v) is 3.11. The number of carboxylic acid groups (broad SMARTS) is 2. The Kier molecular flexibility index (Phi) is 9.90. The van der Waals surface area contributed by atoms with Crippen molar-refractivity contribution in [3.05, 3.63) is 54.1 Å². The zero-order valence-corrected chi connectivity index (χ0v) is 18.9. The molecule has 35 heavy (non-hydrogen) atoms. The predicted molar refractivity (Wildman–Crippen MR) is 122 cm³/mol. The molecule has 4 unspecified atom stereocenters. The zero-order valence-electron chi connectivity index (χ0n) is 18.9. The van der Waals surface area contributed by atoms with Crippen LogP contribution in [0.3, 0.4) is 0 Å². The number of hydrogen-bond acceptors (Lipinski definition) is 7. The highest BCUT2D eigenvalue weighted by Gasteiger charge is 2.30. The number of carboxylic acids is 2. The minimum absolute atomic E-state index is 0.0223. The average Bonchev–Trinajstić information content (AvgIpc) is 3.31. The summed E-state index contributed by atoms with van der Waals surface area (Å²) in [4.78, 5) is 66.9. The summed E-state index contributed by atoms with van der Waals surface area (Å²) in [5.74, 6) is -5.13. The van der Waals surface area contributed by atoms with Gasteiger partial charge in [-0.3, -0.25) is 19.2 Å². The van der Waals surface area contributed by atoms with E-state index in [-0.39, 0.29) is 12.8 Å². The second-order valence-corrected chi connectivity index (χ2v) is 7.87. The van der Waals surface area contributed by atoms with Gasteiger partial charge in [-0.1, -0.05) is 30.3 Å². The maximum absolute atomic E-state index is 12.6. The van der Waals surface area contributed by atoms with Gasteiger partial charge in [0, 0.05) is 24.7 Å². The van der Waals surface area contributed by atoms with Crippen LogP contribution in [0.1, 0.15) is 24.6 Å². The highest BCUT2D eigenvalue weighted by atomic mass is 16.4. The molecule has 0 radical (unpaired) electrons. The van der Waals surface area contributed by atoms with Gasteiger partial charge < -0.3 is 36.9 Å². The van der Waals surface area contributed by atoms with E-state index in [4.69, 9.17) is 10.8 Å². The summed E-state index contributed by atoms with van der Waals surface area (Å²) in [6.45, 7) is 1.30. The summed E-state index contributed by atoms with van der Waals surface area (Å²) in [5.41, 5.74) is 7.08. The summed E-state index contributed by atoms with van der Waals surface area (Å²) in [6.07, 6.45) is 2.21. The number of aliphatic carboxylic acids is 2. The molecular formula is C22H28N6O7. The number of rotatable bonds is 13. The second-order valence-electron chi connectivity index (χ2n) is 7.87. The lowest BCUT2D eigenvalue weighted by Crippen LogP contribution is -2.57. The number of amides is 3. The largest absolute Gasteiger partial charge is 0.481 e. The molecule has 8 N–H and O–H groups in total. The van der Waals surface area contributed by atoms with E-state index in [1.165, 1.54) is 19.4 Å². The molecule has 0 bridgehead atoms. The van der Waals surface area contributed by atoms with Crippen LogP contribution in [0.4, 0.5) is 0 Å². The number of hydrogen-bond donors (Lipinski definition) is 7. The van der Waals surface area contributed by atoms with Crippen LogP contribution in [-0.4, -0.2) is 74.0 Å². The Morgan fingerprint density at radius 2 is 1.60 bits per heavy atom. The number of nitrogens with zero attached hydrogens (tertiary/aromatic N) is 1. The molecule has 13 heteroatoms. The van der Waals surface area contributed by atoms with Crippen LogP contribution in [-0.2, 0) is 36.8 Å². The van der Waals surface area contributed by atoms with Gasteiger partial charge in [0.25, 0.3) is 0 Å². The van der Waals surface area contributed by atoms with Gasteiger partial charge in [0.05, 0.1) is 18.8 Å². The molecule has 0 aliphatic carbocycles. The molecule has 0 saturated heterocycles. The van der Waals surface area contributed by atoms with Crippen LogP contribution in [0, 0.1) is 0 Å². The van der Waals surface area contributed by atoms with Crippen LogP contribution < -0.4 is 21.7 Å². The van der Waals surface area contributed by atoms with Crippen LogP contribution in [0.2, 0.25) is 0 Å². The van der Waals surface area contributed by atoms with E-state index in [1.54, 1.807) is 30.3 Å². The number of aromatic nitrogens is 2. The van der Waals surface area contributed by atoms with Crippen molar-refractivity contribution in [1.82, 2.24) is 25.9 Å². The Hall–Kier alpha value is -4.26. The van der Waals surface area contributed by atoms with E-state index in [2.05, 4.69) is 25.9 Å². The highest BCUT2D eigenvalue weighted by molar-refractivity contribution is 5.95. The first kappa shape index (κ1) is 27.0. The third-order valence-electron chi connectivity index (χ3n) is 4.99. The highest BCUT2D eigenvalue weighted by Crippen LogP contribution is 2.05. The smallest absolute Gasteiger partial charge is 0.326 e. The summed E-state index contributed by atoms with van der Waals surface area (Å²) in [7, 11) is 0. The Balaban J connectivity index is 1.98. The molecule has 0 aliphatic rings. The van der Waals surface area contributed by atoms with Crippen LogP contribution in [0.15, 0.2) is 42.9 Å². The average molecular weight is 489 g/mol. The summed E-state index contributed by atoms with van der Waals surface area (Å²) >= 11 is 0. The molecule has 1 aromatic heterocycles. The predicted octanol–water partition coefficient (Wildman–Crippen LogP) is -1.44. The maximum atomic E-state index is 12.6. The van der Waals surface area contributed by atoms with Gasteiger partial charge in [-0.25, -0.2) is 9.78 Å². The minimum Gasteiger partial charge on any atom is -0.481 e. The lowest BCUT2D eigenvalue weighted by molar-refractivity contribution is -0.143. The summed E-state index contributed by atoms with van der Waals surface area (Å²) < 4.78 is 0. The Labute approximate surface area is 200 Å². The molecule has 13 nitrogen and oxygen atoms in total. The number of aromatic amines is 1. The number of carbonyl (C=O) groups is 5. The third-order valence-corrected chi connectivity index (χ3v) is 4.99. The van der Waals surface area contributed by atoms with E-state index in [0.29, 0.717) is 11.3 Å². The lowest BCUT2D eigenvalue weighted by Gasteiger charge is -2.22. The molecule has 0 aliphatic heterocycles. The van der Waals surface area contributed by atoms with E-state index in [0.717, 1.165) is 0 Å². The molecule has 2 rings (SSSR count). The Bertz CT molecular complexity index is 1030. The van der Waals surface area contributed by atoms with Gasteiger partial charge in [-0.05, 0) is 12.5 Å². The number of nitrogens with two attached hydrogens (primary N) is 1. The van der Waals surface area contributed by atoms with Gasteiger partial charge in [0.2, 0.25) is 17.7 Å². The SMILES string of the molecule is CC(NC(=O)C(CC(=O)O)NC(=O)C(N)Cc1cnc[nH]1)C(=O)NC(Cc1ccccc1)C(=O)O. The number of H-pyrrole nitrogens is 1. The van der Waals surface area contributed by atoms with Crippen LogP contribution in [0.25, 0.3) is 0 Å². The maximum Gasteiger partial charge on any atom is 0.326 e. The normalized spacial score (nSPS) is 14.1. The van der Waals surface area contributed by atoms with E-state index >= 15 is 0 Å². The molecule has 188 valence electrons. The topological polar surface area (TPSA) is 217 Å². The van der Waals surface area contributed by atoms with E-state index in [1.807, 2.05) is 0 Å². The van der Waals surface area contributed by atoms with Crippen molar-refractivity contribution in [3.63, 3.8) is 0 Å². The van der Waals surface area contributed by atoms with Crippen molar-refractivity contribution < 1.29 is 34.2 Å². The van der Waals surface area contributed by atoms with Crippen molar-refractivity contribution in [2.24, 2.45) is 5.73 Å². The summed E-state index contributed by atoms with van der Waals surface area (Å²) in [5, 5.41) is 25.5. The molecule has 0 spiro atoms. The van der Waals surface area contributed by atoms with E-state index in [9.17, 15) is 29.1 Å². The van der Waals surface area contributed by atoms with Crippen LogP contribution >= 0.6 is 0 Å². The first-order chi connectivity index (χ1) is 16.6. The first-order valence-electron chi connectivity index (χ1n) is 10.7. The molecule has 0 saturated carbocycles. The van der Waals surface area contributed by atoms with Crippen molar-refractivity contribution in [2.45, 2.75) is 50.4 Å². The molecule has 3 amide bonds. The number of imidazole rings is 1. The molecule has 1 heterocycles. The molecule has 4 atom stereocenters. The van der Waals surface area contributed by atoms with Crippen molar-refractivity contribution in [2.75, 3.05) is 0 Å². The zero-order chi connectivity index (χ0) is 26.0. The third kappa shape index (κ3) is 8.89. The Morgan fingerprint density at radius 1 is 0.943 bits per heavy atom. The van der Waals surface area contributed by atoms with Crippen LogP contribution in [0.5, 0.6) is 0 Å². The fraction of sp³-hybridized carbons (Fsp3) is 0.364. The monoisotopic (exact) mass is 488 g/mol. The molecule has 0 fully saturated rings. The number of carbonyl (C=O) groups excluding carboxylic acids is 3. The Morgan fingerprint density at radius 3 is 2.17 bits per heavy atom.